The molecule has 1 amide bonds. The Balaban J connectivity index is 2.46. The lowest BCUT2D eigenvalue weighted by Gasteiger charge is -2.06. The molecule has 0 spiro atoms. The SMILES string of the molecule is CCCOc1ccc(NNC=O)cc1. The molecule has 14 heavy (non-hydrogen) atoms. The highest BCUT2D eigenvalue weighted by Crippen LogP contribution is 2.14. The van der Waals surface area contributed by atoms with Gasteiger partial charge in [-0.1, -0.05) is 6.92 Å². The van der Waals surface area contributed by atoms with E-state index in [4.69, 9.17) is 4.74 Å². The molecule has 2 N–H and O–H groups in total. The zero-order valence-corrected chi connectivity index (χ0v) is 8.12. The predicted octanol–water partition coefficient (Wildman–Crippen LogP) is 1.55. The van der Waals surface area contributed by atoms with E-state index in [1.807, 2.05) is 24.3 Å². The maximum Gasteiger partial charge on any atom is 0.225 e. The number of carbonyl (C=O) groups is 1. The summed E-state index contributed by atoms with van der Waals surface area (Å²) in [5.74, 6) is 0.837. The van der Waals surface area contributed by atoms with Crippen LogP contribution in [-0.2, 0) is 4.79 Å². The van der Waals surface area contributed by atoms with Gasteiger partial charge in [-0.05, 0) is 30.7 Å². The van der Waals surface area contributed by atoms with Crippen LogP contribution in [0.3, 0.4) is 0 Å². The van der Waals surface area contributed by atoms with E-state index in [-0.39, 0.29) is 0 Å². The van der Waals surface area contributed by atoms with Crippen molar-refractivity contribution in [3.63, 3.8) is 0 Å². The van der Waals surface area contributed by atoms with Crippen LogP contribution < -0.4 is 15.6 Å². The van der Waals surface area contributed by atoms with Crippen molar-refractivity contribution < 1.29 is 9.53 Å². The third-order valence-corrected chi connectivity index (χ3v) is 1.60. The second-order valence-electron chi connectivity index (χ2n) is 2.76. The van der Waals surface area contributed by atoms with E-state index in [1.54, 1.807) is 0 Å². The van der Waals surface area contributed by atoms with Crippen LogP contribution in [0.15, 0.2) is 24.3 Å². The molecule has 0 saturated carbocycles. The van der Waals surface area contributed by atoms with Gasteiger partial charge in [0, 0.05) is 0 Å². The van der Waals surface area contributed by atoms with E-state index in [1.165, 1.54) is 0 Å². The van der Waals surface area contributed by atoms with Gasteiger partial charge in [0.2, 0.25) is 6.41 Å². The fraction of sp³-hybridized carbons (Fsp3) is 0.300. The van der Waals surface area contributed by atoms with Crippen LogP contribution in [0.4, 0.5) is 5.69 Å². The summed E-state index contributed by atoms with van der Waals surface area (Å²) in [6.45, 7) is 2.78. The number of nitrogens with one attached hydrogen (secondary N) is 2. The monoisotopic (exact) mass is 194 g/mol. The maximum atomic E-state index is 9.99. The molecular formula is C10H14N2O2. The van der Waals surface area contributed by atoms with Gasteiger partial charge in [0.25, 0.3) is 0 Å². The molecule has 1 aromatic carbocycles. The molecule has 1 rings (SSSR count). The fourth-order valence-corrected chi connectivity index (χ4v) is 0.967. The molecule has 0 bridgehead atoms. The fourth-order valence-electron chi connectivity index (χ4n) is 0.967. The summed E-state index contributed by atoms with van der Waals surface area (Å²) < 4.78 is 5.40. The number of hydrogen-bond acceptors (Lipinski definition) is 3. The first kappa shape index (κ1) is 10.4. The second kappa shape index (κ2) is 5.85. The van der Waals surface area contributed by atoms with Gasteiger partial charge in [-0.15, -0.1) is 0 Å². The molecule has 76 valence electrons. The first-order chi connectivity index (χ1) is 6.86. The van der Waals surface area contributed by atoms with Crippen molar-refractivity contribution in [2.75, 3.05) is 12.0 Å². The van der Waals surface area contributed by atoms with Crippen molar-refractivity contribution in [2.24, 2.45) is 0 Å². The van der Waals surface area contributed by atoms with Gasteiger partial charge in [-0.2, -0.15) is 0 Å². The number of carbonyl (C=O) groups excluding carboxylic acids is 1. The molecule has 0 aliphatic carbocycles. The zero-order chi connectivity index (χ0) is 10.2. The number of hydrazine groups is 1. The quantitative estimate of drug-likeness (QED) is 0.533. The molecule has 0 aliphatic heterocycles. The molecule has 0 unspecified atom stereocenters. The Morgan fingerprint density at radius 1 is 1.36 bits per heavy atom. The number of benzene rings is 1. The molecule has 0 aliphatic rings. The van der Waals surface area contributed by atoms with Gasteiger partial charge >= 0.3 is 0 Å². The van der Waals surface area contributed by atoms with E-state index < -0.39 is 0 Å². The molecular weight excluding hydrogens is 180 g/mol. The summed E-state index contributed by atoms with van der Waals surface area (Å²) in [6.07, 6.45) is 1.58. The molecule has 0 saturated heterocycles. The van der Waals surface area contributed by atoms with Gasteiger partial charge in [0.05, 0.1) is 12.3 Å². The summed E-state index contributed by atoms with van der Waals surface area (Å²) in [7, 11) is 0. The zero-order valence-electron chi connectivity index (χ0n) is 8.12. The normalized spacial score (nSPS) is 9.21. The molecule has 4 nitrogen and oxygen atoms in total. The standard InChI is InChI=1S/C10H14N2O2/c1-2-7-14-10-5-3-9(4-6-10)12-11-8-13/h3-6,8,12H,2,7H2,1H3,(H,11,13). The van der Waals surface area contributed by atoms with Crippen molar-refractivity contribution in [2.45, 2.75) is 13.3 Å². The predicted molar refractivity (Wildman–Crippen MR) is 55.1 cm³/mol. The van der Waals surface area contributed by atoms with Crippen molar-refractivity contribution >= 4 is 12.1 Å². The maximum absolute atomic E-state index is 9.99. The molecule has 0 fully saturated rings. The summed E-state index contributed by atoms with van der Waals surface area (Å²) in [6, 6.07) is 7.37. The molecule has 4 heteroatoms. The number of anilines is 1. The van der Waals surface area contributed by atoms with Crippen LogP contribution in [0.25, 0.3) is 0 Å². The number of hydrogen-bond donors (Lipinski definition) is 2. The Morgan fingerprint density at radius 2 is 2.07 bits per heavy atom. The van der Waals surface area contributed by atoms with Gasteiger partial charge in [-0.3, -0.25) is 15.6 Å². The third kappa shape index (κ3) is 3.35. The average molecular weight is 194 g/mol. The Morgan fingerprint density at radius 3 is 2.64 bits per heavy atom. The minimum Gasteiger partial charge on any atom is -0.494 e. The Hall–Kier alpha value is -1.71. The molecule has 0 heterocycles. The highest BCUT2D eigenvalue weighted by atomic mass is 16.5. The van der Waals surface area contributed by atoms with Gasteiger partial charge in [-0.25, -0.2) is 0 Å². The third-order valence-electron chi connectivity index (χ3n) is 1.60. The topological polar surface area (TPSA) is 50.4 Å². The van der Waals surface area contributed by atoms with Crippen molar-refractivity contribution in [1.29, 1.82) is 0 Å². The van der Waals surface area contributed by atoms with E-state index in [2.05, 4.69) is 17.8 Å². The average Bonchev–Trinajstić information content (AvgIpc) is 2.25. The Kier molecular flexibility index (Phi) is 4.34. The molecule has 0 atom stereocenters. The van der Waals surface area contributed by atoms with E-state index in [0.717, 1.165) is 24.5 Å². The lowest BCUT2D eigenvalue weighted by Crippen LogP contribution is -2.18. The van der Waals surface area contributed by atoms with E-state index in [0.29, 0.717) is 6.41 Å². The Bertz CT molecular complexity index is 272. The second-order valence-corrected chi connectivity index (χ2v) is 2.76. The van der Waals surface area contributed by atoms with E-state index >= 15 is 0 Å². The summed E-state index contributed by atoms with van der Waals surface area (Å²) in [5.41, 5.74) is 5.88. The number of ether oxygens (including phenoxy) is 1. The number of rotatable bonds is 6. The van der Waals surface area contributed by atoms with Crippen LogP contribution in [0, 0.1) is 0 Å². The number of amides is 1. The first-order valence-corrected chi connectivity index (χ1v) is 4.55. The highest BCUT2D eigenvalue weighted by molar-refractivity contribution is 5.53. The summed E-state index contributed by atoms with van der Waals surface area (Å²) in [4.78, 5) is 9.99. The van der Waals surface area contributed by atoms with Crippen molar-refractivity contribution in [3.8, 4) is 5.75 Å². The first-order valence-electron chi connectivity index (χ1n) is 4.55. The highest BCUT2D eigenvalue weighted by Gasteiger charge is 1.93. The van der Waals surface area contributed by atoms with Crippen molar-refractivity contribution in [1.82, 2.24) is 5.43 Å². The molecule has 0 radical (unpaired) electrons. The lowest BCUT2D eigenvalue weighted by atomic mass is 10.3. The van der Waals surface area contributed by atoms with Crippen LogP contribution in [-0.4, -0.2) is 13.0 Å². The van der Waals surface area contributed by atoms with Crippen LogP contribution in [0.1, 0.15) is 13.3 Å². The minimum absolute atomic E-state index is 0.585. The van der Waals surface area contributed by atoms with E-state index in [9.17, 15) is 4.79 Å². The summed E-state index contributed by atoms with van der Waals surface area (Å²) >= 11 is 0. The van der Waals surface area contributed by atoms with Gasteiger partial charge < -0.3 is 4.74 Å². The minimum atomic E-state index is 0.585. The van der Waals surface area contributed by atoms with Crippen LogP contribution in [0.5, 0.6) is 5.75 Å². The smallest absolute Gasteiger partial charge is 0.225 e. The summed E-state index contributed by atoms with van der Waals surface area (Å²) in [5, 5.41) is 0. The lowest BCUT2D eigenvalue weighted by molar-refractivity contribution is -0.109. The van der Waals surface area contributed by atoms with Crippen LogP contribution >= 0.6 is 0 Å². The van der Waals surface area contributed by atoms with Gasteiger partial charge in [0.1, 0.15) is 5.75 Å². The largest absolute Gasteiger partial charge is 0.494 e. The molecule has 0 aromatic heterocycles. The molecule has 1 aromatic rings. The Labute approximate surface area is 83.2 Å². The van der Waals surface area contributed by atoms with Crippen LogP contribution in [0.2, 0.25) is 0 Å². The van der Waals surface area contributed by atoms with Gasteiger partial charge in [0.15, 0.2) is 0 Å². The van der Waals surface area contributed by atoms with Crippen molar-refractivity contribution in [3.05, 3.63) is 24.3 Å².